The Balaban J connectivity index is 2.05. The summed E-state index contributed by atoms with van der Waals surface area (Å²) in [4.78, 5) is 0. The molecule has 0 atom stereocenters. The second kappa shape index (κ2) is 7.85. The molecule has 0 saturated heterocycles. The van der Waals surface area contributed by atoms with Crippen molar-refractivity contribution in [1.82, 2.24) is 0 Å². The molecule has 1 aromatic carbocycles. The van der Waals surface area contributed by atoms with Gasteiger partial charge in [0, 0.05) is 0 Å². The topological polar surface area (TPSA) is 0 Å². The molecule has 0 aliphatic rings. The van der Waals surface area contributed by atoms with E-state index in [1.165, 1.54) is 49.4 Å². The highest BCUT2D eigenvalue weighted by molar-refractivity contribution is 7.55. The van der Waals surface area contributed by atoms with Crippen LogP contribution in [0.2, 0.25) is 0 Å². The summed E-state index contributed by atoms with van der Waals surface area (Å²) in [6.45, 7) is 6.90. The molecular weight excluding hydrogens is 211 g/mol. The van der Waals surface area contributed by atoms with E-state index in [1.54, 1.807) is 0 Å². The van der Waals surface area contributed by atoms with Gasteiger partial charge in [-0.05, 0) is 51.2 Å². The van der Waals surface area contributed by atoms with Gasteiger partial charge >= 0.3 is 0 Å². The van der Waals surface area contributed by atoms with Crippen LogP contribution in [0.25, 0.3) is 0 Å². The first kappa shape index (κ1) is 13.7. The second-order valence-electron chi connectivity index (χ2n) is 4.95. The normalized spacial score (nSPS) is 11.0. The van der Waals surface area contributed by atoms with Crippen LogP contribution < -0.4 is 0 Å². The fourth-order valence-corrected chi connectivity index (χ4v) is 2.72. The quantitative estimate of drug-likeness (QED) is 0.469. The molecule has 0 radical (unpaired) electrons. The van der Waals surface area contributed by atoms with Crippen LogP contribution in [0.1, 0.15) is 36.8 Å². The molecule has 0 unspecified atom stereocenters. The Kier molecular flexibility index (Phi) is 6.73. The fraction of sp³-hybridized carbons (Fsp3) is 0.600. The second-order valence-corrected chi connectivity index (χ2v) is 7.56. The van der Waals surface area contributed by atoms with E-state index in [1.807, 2.05) is 0 Å². The zero-order valence-corrected chi connectivity index (χ0v) is 11.9. The van der Waals surface area contributed by atoms with E-state index in [0.29, 0.717) is 7.92 Å². The van der Waals surface area contributed by atoms with Crippen LogP contribution in [0.5, 0.6) is 0 Å². The van der Waals surface area contributed by atoms with Crippen molar-refractivity contribution in [2.45, 2.75) is 39.0 Å². The Labute approximate surface area is 102 Å². The molecule has 0 aliphatic heterocycles. The lowest BCUT2D eigenvalue weighted by atomic mass is 10.1. The third kappa shape index (κ3) is 6.28. The monoisotopic (exact) mass is 236 g/mol. The summed E-state index contributed by atoms with van der Waals surface area (Å²) in [5, 5.41) is 0. The molecule has 0 aliphatic carbocycles. The van der Waals surface area contributed by atoms with Crippen LogP contribution >= 0.6 is 7.92 Å². The maximum atomic E-state index is 2.38. The van der Waals surface area contributed by atoms with Gasteiger partial charge in [0.2, 0.25) is 0 Å². The summed E-state index contributed by atoms with van der Waals surface area (Å²) in [6, 6.07) is 8.98. The lowest BCUT2D eigenvalue weighted by molar-refractivity contribution is 0.669. The van der Waals surface area contributed by atoms with Crippen molar-refractivity contribution < 1.29 is 0 Å². The molecule has 0 fully saturated rings. The Morgan fingerprint density at radius 1 is 0.875 bits per heavy atom. The highest BCUT2D eigenvalue weighted by Gasteiger charge is 1.95. The summed E-state index contributed by atoms with van der Waals surface area (Å²) >= 11 is 0. The molecule has 0 aromatic heterocycles. The predicted octanol–water partition coefficient (Wildman–Crippen LogP) is 4.84. The van der Waals surface area contributed by atoms with Crippen LogP contribution in [0.4, 0.5) is 0 Å². The predicted molar refractivity (Wildman–Crippen MR) is 77.0 cm³/mol. The van der Waals surface area contributed by atoms with Crippen LogP contribution in [0.15, 0.2) is 24.3 Å². The van der Waals surface area contributed by atoms with Crippen LogP contribution in [0, 0.1) is 6.92 Å². The Morgan fingerprint density at radius 2 is 1.50 bits per heavy atom. The lowest BCUT2D eigenvalue weighted by Crippen LogP contribution is -1.88. The molecule has 90 valence electrons. The van der Waals surface area contributed by atoms with E-state index in [0.717, 1.165) is 0 Å². The molecule has 0 saturated carbocycles. The molecule has 0 nitrogen and oxygen atoms in total. The molecule has 0 N–H and O–H groups in total. The van der Waals surface area contributed by atoms with Crippen LogP contribution in [-0.4, -0.2) is 19.5 Å². The zero-order valence-electron chi connectivity index (χ0n) is 11.0. The average molecular weight is 236 g/mol. The fourth-order valence-electron chi connectivity index (χ4n) is 1.87. The van der Waals surface area contributed by atoms with Gasteiger partial charge in [-0.3, -0.25) is 0 Å². The van der Waals surface area contributed by atoms with E-state index in [9.17, 15) is 0 Å². The molecule has 16 heavy (non-hydrogen) atoms. The molecular formula is C15H25P. The van der Waals surface area contributed by atoms with Crippen molar-refractivity contribution in [1.29, 1.82) is 0 Å². The lowest BCUT2D eigenvalue weighted by Gasteiger charge is -2.05. The van der Waals surface area contributed by atoms with Gasteiger partial charge in [-0.25, -0.2) is 0 Å². The molecule has 0 amide bonds. The van der Waals surface area contributed by atoms with Gasteiger partial charge in [-0.2, -0.15) is 0 Å². The summed E-state index contributed by atoms with van der Waals surface area (Å²) in [7, 11) is 0.331. The van der Waals surface area contributed by atoms with Gasteiger partial charge in [0.05, 0.1) is 0 Å². The van der Waals surface area contributed by atoms with Crippen LogP contribution in [-0.2, 0) is 6.42 Å². The number of aryl methyl sites for hydroxylation is 2. The van der Waals surface area contributed by atoms with Crippen molar-refractivity contribution in [2.24, 2.45) is 0 Å². The minimum atomic E-state index is 0.331. The van der Waals surface area contributed by atoms with E-state index in [-0.39, 0.29) is 0 Å². The minimum absolute atomic E-state index is 0.331. The van der Waals surface area contributed by atoms with Crippen molar-refractivity contribution in [3.05, 3.63) is 35.4 Å². The van der Waals surface area contributed by atoms with E-state index < -0.39 is 0 Å². The molecule has 1 rings (SSSR count). The third-order valence-electron chi connectivity index (χ3n) is 2.94. The number of hydrogen-bond acceptors (Lipinski definition) is 0. The van der Waals surface area contributed by atoms with Crippen molar-refractivity contribution in [2.75, 3.05) is 19.5 Å². The van der Waals surface area contributed by atoms with Crippen molar-refractivity contribution in [3.8, 4) is 0 Å². The number of unbranched alkanes of at least 4 members (excludes halogenated alkanes) is 3. The van der Waals surface area contributed by atoms with E-state index >= 15 is 0 Å². The first-order valence-electron chi connectivity index (χ1n) is 6.39. The summed E-state index contributed by atoms with van der Waals surface area (Å²) in [5.41, 5.74) is 2.86. The molecule has 0 bridgehead atoms. The van der Waals surface area contributed by atoms with Gasteiger partial charge in [0.15, 0.2) is 0 Å². The van der Waals surface area contributed by atoms with Crippen molar-refractivity contribution in [3.63, 3.8) is 0 Å². The van der Waals surface area contributed by atoms with Crippen molar-refractivity contribution >= 4 is 7.92 Å². The molecule has 0 heterocycles. The zero-order chi connectivity index (χ0) is 11.8. The highest BCUT2D eigenvalue weighted by atomic mass is 31.1. The van der Waals surface area contributed by atoms with Gasteiger partial charge in [0.1, 0.15) is 0 Å². The van der Waals surface area contributed by atoms with Gasteiger partial charge < -0.3 is 0 Å². The molecule has 0 spiro atoms. The Hall–Kier alpha value is -0.350. The van der Waals surface area contributed by atoms with E-state index in [2.05, 4.69) is 44.5 Å². The minimum Gasteiger partial charge on any atom is -0.113 e. The first-order valence-corrected chi connectivity index (χ1v) is 8.81. The highest BCUT2D eigenvalue weighted by Crippen LogP contribution is 2.26. The molecule has 1 aromatic rings. The first-order chi connectivity index (χ1) is 7.68. The van der Waals surface area contributed by atoms with Gasteiger partial charge in [-0.1, -0.05) is 42.7 Å². The Morgan fingerprint density at radius 3 is 2.12 bits per heavy atom. The third-order valence-corrected chi connectivity index (χ3v) is 4.15. The standard InChI is InChI=1S/C15H25P/c1-14-9-11-15(12-10-14)8-6-4-5-7-13-16(2)3/h9-12H,4-8,13H2,1-3H3. The van der Waals surface area contributed by atoms with Crippen LogP contribution in [0.3, 0.4) is 0 Å². The smallest absolute Gasteiger partial charge is 0.0279 e. The maximum Gasteiger partial charge on any atom is -0.0279 e. The Bertz CT molecular complexity index is 274. The summed E-state index contributed by atoms with van der Waals surface area (Å²) in [5.74, 6) is 0. The number of rotatable bonds is 7. The number of benzene rings is 1. The SMILES string of the molecule is Cc1ccc(CCCCCCP(C)C)cc1. The number of hydrogen-bond donors (Lipinski definition) is 0. The summed E-state index contributed by atoms with van der Waals surface area (Å²) < 4.78 is 0. The molecule has 1 heteroatoms. The average Bonchev–Trinajstić information content (AvgIpc) is 2.25. The van der Waals surface area contributed by atoms with Gasteiger partial charge in [-0.15, -0.1) is 7.92 Å². The van der Waals surface area contributed by atoms with Gasteiger partial charge in [0.25, 0.3) is 0 Å². The maximum absolute atomic E-state index is 2.38. The van der Waals surface area contributed by atoms with E-state index in [4.69, 9.17) is 0 Å². The largest absolute Gasteiger partial charge is 0.113 e. The summed E-state index contributed by atoms with van der Waals surface area (Å²) in [6.07, 6.45) is 8.33.